The van der Waals surface area contributed by atoms with Crippen LogP contribution in [0.3, 0.4) is 0 Å². The Morgan fingerprint density at radius 3 is 2.11 bits per heavy atom. The third-order valence-corrected chi connectivity index (χ3v) is 2.80. The van der Waals surface area contributed by atoms with Crippen LogP contribution < -0.4 is 5.73 Å². The van der Waals surface area contributed by atoms with E-state index in [2.05, 4.69) is 5.10 Å². The van der Waals surface area contributed by atoms with E-state index in [1.165, 1.54) is 16.9 Å². The topological polar surface area (TPSA) is 43.8 Å². The van der Waals surface area contributed by atoms with E-state index >= 15 is 0 Å². The number of rotatable bonds is 1. The molecule has 2 aromatic rings. The van der Waals surface area contributed by atoms with Gasteiger partial charge in [-0.2, -0.15) is 18.3 Å². The van der Waals surface area contributed by atoms with Crippen molar-refractivity contribution in [1.29, 1.82) is 0 Å². The van der Waals surface area contributed by atoms with Crippen LogP contribution in [-0.2, 0) is 6.18 Å². The van der Waals surface area contributed by atoms with Crippen LogP contribution in [0.2, 0.25) is 10.0 Å². The van der Waals surface area contributed by atoms with Gasteiger partial charge in [0.1, 0.15) is 11.5 Å². The van der Waals surface area contributed by atoms with Crippen molar-refractivity contribution in [2.75, 3.05) is 5.73 Å². The van der Waals surface area contributed by atoms with Gasteiger partial charge in [-0.3, -0.25) is 0 Å². The minimum Gasteiger partial charge on any atom is -0.384 e. The Kier molecular flexibility index (Phi) is 3.16. The number of anilines is 1. The third kappa shape index (κ3) is 2.26. The first-order chi connectivity index (χ1) is 8.30. The molecule has 0 unspecified atom stereocenters. The molecule has 0 fully saturated rings. The normalized spacial score (nSPS) is 11.8. The van der Waals surface area contributed by atoms with Crippen LogP contribution in [0.4, 0.5) is 19.0 Å². The molecule has 18 heavy (non-hydrogen) atoms. The Morgan fingerprint density at radius 2 is 1.72 bits per heavy atom. The molecule has 3 nitrogen and oxygen atoms in total. The fraction of sp³-hybridized carbons (Fsp3) is 0.100. The molecule has 8 heteroatoms. The van der Waals surface area contributed by atoms with E-state index < -0.39 is 11.7 Å². The number of alkyl halides is 3. The number of aromatic nitrogens is 2. The minimum absolute atomic E-state index is 0.119. The number of hydrogen-bond acceptors (Lipinski definition) is 2. The standard InChI is InChI=1S/C10H6Cl2F3N3/c11-6-3-5(10(13,14)15)4-7(12)9(6)18-8(16)1-2-17-18/h1-4H,16H2. The summed E-state index contributed by atoms with van der Waals surface area (Å²) in [6.07, 6.45) is -3.12. The largest absolute Gasteiger partial charge is 0.416 e. The van der Waals surface area contributed by atoms with Gasteiger partial charge < -0.3 is 5.73 Å². The van der Waals surface area contributed by atoms with Crippen molar-refractivity contribution in [1.82, 2.24) is 9.78 Å². The van der Waals surface area contributed by atoms with Crippen LogP contribution in [0.15, 0.2) is 24.4 Å². The summed E-state index contributed by atoms with van der Waals surface area (Å²) in [7, 11) is 0. The Labute approximate surface area is 110 Å². The molecule has 0 aliphatic carbocycles. The van der Waals surface area contributed by atoms with Crippen molar-refractivity contribution < 1.29 is 13.2 Å². The zero-order valence-corrected chi connectivity index (χ0v) is 10.2. The number of nitrogens with zero attached hydrogens (tertiary/aromatic N) is 2. The Morgan fingerprint density at radius 1 is 1.17 bits per heavy atom. The summed E-state index contributed by atoms with van der Waals surface area (Å²) in [6.45, 7) is 0. The van der Waals surface area contributed by atoms with E-state index in [0.717, 1.165) is 12.1 Å². The summed E-state index contributed by atoms with van der Waals surface area (Å²) in [4.78, 5) is 0. The van der Waals surface area contributed by atoms with Crippen LogP contribution in [0.5, 0.6) is 0 Å². The lowest BCUT2D eigenvalue weighted by Crippen LogP contribution is -2.08. The van der Waals surface area contributed by atoms with Crippen molar-refractivity contribution in [2.24, 2.45) is 0 Å². The predicted octanol–water partition coefficient (Wildman–Crippen LogP) is 3.78. The molecule has 1 aromatic carbocycles. The third-order valence-electron chi connectivity index (χ3n) is 2.23. The van der Waals surface area contributed by atoms with Gasteiger partial charge in [-0.15, -0.1) is 0 Å². The molecular weight excluding hydrogens is 290 g/mol. The first-order valence-electron chi connectivity index (χ1n) is 4.67. The van der Waals surface area contributed by atoms with E-state index in [9.17, 15) is 13.2 Å². The van der Waals surface area contributed by atoms with Crippen molar-refractivity contribution in [2.45, 2.75) is 6.18 Å². The predicted molar refractivity (Wildman–Crippen MR) is 63.0 cm³/mol. The van der Waals surface area contributed by atoms with Crippen LogP contribution >= 0.6 is 23.2 Å². The molecule has 0 saturated heterocycles. The van der Waals surface area contributed by atoms with Crippen molar-refractivity contribution in [3.05, 3.63) is 40.0 Å². The smallest absolute Gasteiger partial charge is 0.384 e. The van der Waals surface area contributed by atoms with E-state index in [-0.39, 0.29) is 21.6 Å². The van der Waals surface area contributed by atoms with Gasteiger partial charge in [-0.1, -0.05) is 23.2 Å². The molecule has 0 amide bonds. The summed E-state index contributed by atoms with van der Waals surface area (Å²) in [5.74, 6) is 0.221. The second-order valence-corrected chi connectivity index (χ2v) is 4.27. The minimum atomic E-state index is -4.51. The van der Waals surface area contributed by atoms with Gasteiger partial charge in [-0.25, -0.2) is 4.68 Å². The molecule has 0 aliphatic rings. The first-order valence-corrected chi connectivity index (χ1v) is 5.42. The van der Waals surface area contributed by atoms with Crippen LogP contribution in [0.1, 0.15) is 5.56 Å². The molecule has 0 aliphatic heterocycles. The van der Waals surface area contributed by atoms with Crippen molar-refractivity contribution in [3.8, 4) is 5.69 Å². The van der Waals surface area contributed by atoms with Gasteiger partial charge in [0.05, 0.1) is 21.8 Å². The van der Waals surface area contributed by atoms with Gasteiger partial charge in [0.2, 0.25) is 0 Å². The molecule has 0 radical (unpaired) electrons. The highest BCUT2D eigenvalue weighted by molar-refractivity contribution is 6.37. The summed E-state index contributed by atoms with van der Waals surface area (Å²) in [6, 6.07) is 3.04. The van der Waals surface area contributed by atoms with E-state index in [4.69, 9.17) is 28.9 Å². The summed E-state index contributed by atoms with van der Waals surface area (Å²) >= 11 is 11.6. The van der Waals surface area contributed by atoms with Gasteiger partial charge in [-0.05, 0) is 12.1 Å². The lowest BCUT2D eigenvalue weighted by atomic mass is 10.2. The number of halogens is 5. The zero-order chi connectivity index (χ0) is 13.5. The fourth-order valence-corrected chi connectivity index (χ4v) is 2.08. The van der Waals surface area contributed by atoms with Crippen molar-refractivity contribution >= 4 is 29.0 Å². The molecular formula is C10H6Cl2F3N3. The number of benzene rings is 1. The monoisotopic (exact) mass is 295 g/mol. The van der Waals surface area contributed by atoms with E-state index in [0.29, 0.717) is 0 Å². The average Bonchev–Trinajstić information content (AvgIpc) is 2.62. The number of hydrogen-bond donors (Lipinski definition) is 1. The molecule has 0 saturated carbocycles. The Bertz CT molecular complexity index is 569. The highest BCUT2D eigenvalue weighted by Crippen LogP contribution is 2.37. The van der Waals surface area contributed by atoms with Crippen LogP contribution in [0, 0.1) is 0 Å². The van der Waals surface area contributed by atoms with Gasteiger partial charge >= 0.3 is 6.18 Å². The lowest BCUT2D eigenvalue weighted by Gasteiger charge is -2.13. The summed E-state index contributed by atoms with van der Waals surface area (Å²) in [5.41, 5.74) is 4.79. The summed E-state index contributed by atoms with van der Waals surface area (Å²) in [5, 5.41) is 3.49. The van der Waals surface area contributed by atoms with Gasteiger partial charge in [0.15, 0.2) is 0 Å². The maximum Gasteiger partial charge on any atom is 0.416 e. The Balaban J connectivity index is 2.62. The summed E-state index contributed by atoms with van der Waals surface area (Å²) < 4.78 is 38.8. The first kappa shape index (κ1) is 13.0. The highest BCUT2D eigenvalue weighted by Gasteiger charge is 2.32. The fourth-order valence-electron chi connectivity index (χ4n) is 1.43. The molecule has 96 valence electrons. The van der Waals surface area contributed by atoms with Crippen LogP contribution in [0.25, 0.3) is 5.69 Å². The van der Waals surface area contributed by atoms with E-state index in [1.54, 1.807) is 0 Å². The molecule has 1 aromatic heterocycles. The van der Waals surface area contributed by atoms with Gasteiger partial charge in [0, 0.05) is 6.07 Å². The average molecular weight is 296 g/mol. The van der Waals surface area contributed by atoms with Gasteiger partial charge in [0.25, 0.3) is 0 Å². The molecule has 2 N–H and O–H groups in total. The molecule has 0 atom stereocenters. The zero-order valence-electron chi connectivity index (χ0n) is 8.67. The molecule has 2 rings (SSSR count). The van der Waals surface area contributed by atoms with E-state index in [1.807, 2.05) is 0 Å². The second kappa shape index (κ2) is 4.37. The second-order valence-electron chi connectivity index (χ2n) is 3.45. The lowest BCUT2D eigenvalue weighted by molar-refractivity contribution is -0.137. The quantitative estimate of drug-likeness (QED) is 0.870. The maximum absolute atomic E-state index is 12.5. The van der Waals surface area contributed by atoms with Crippen LogP contribution in [-0.4, -0.2) is 9.78 Å². The highest BCUT2D eigenvalue weighted by atomic mass is 35.5. The number of nitrogen functional groups attached to an aromatic ring is 1. The molecule has 1 heterocycles. The SMILES string of the molecule is Nc1ccnn1-c1c(Cl)cc(C(F)(F)F)cc1Cl. The Hall–Kier alpha value is -1.40. The number of nitrogens with two attached hydrogens (primary N) is 1. The van der Waals surface area contributed by atoms with Crippen molar-refractivity contribution in [3.63, 3.8) is 0 Å². The maximum atomic E-state index is 12.5. The molecule has 0 spiro atoms. The molecule has 0 bridgehead atoms.